The number of rotatable bonds is 4. The van der Waals surface area contributed by atoms with E-state index in [4.69, 9.17) is 0 Å². The Labute approximate surface area is 163 Å². The summed E-state index contributed by atoms with van der Waals surface area (Å²) >= 11 is 0. The van der Waals surface area contributed by atoms with Crippen molar-refractivity contribution in [1.29, 1.82) is 0 Å². The standard InChI is InChI=1S/C20H16F3N5O/c1-12-4-6-25-15-3-2-13(8-14(12)15)17-9-24-10-18-27-16(11-28(17)18)19(29)26-7-5-20(21,22)23/h2-4,6,8-11H,5,7H2,1H3,(H,26,29). The van der Waals surface area contributed by atoms with Gasteiger partial charge in [-0.25, -0.2) is 4.98 Å². The number of carbonyl (C=O) groups is 1. The Morgan fingerprint density at radius 3 is 2.83 bits per heavy atom. The van der Waals surface area contributed by atoms with Gasteiger partial charge in [0.05, 0.1) is 30.0 Å². The summed E-state index contributed by atoms with van der Waals surface area (Å²) < 4.78 is 38.5. The maximum absolute atomic E-state index is 12.3. The van der Waals surface area contributed by atoms with Crippen molar-refractivity contribution in [2.24, 2.45) is 0 Å². The first-order chi connectivity index (χ1) is 13.8. The molecule has 1 aromatic carbocycles. The number of nitrogens with one attached hydrogen (secondary N) is 1. The Morgan fingerprint density at radius 2 is 2.03 bits per heavy atom. The minimum atomic E-state index is -4.33. The van der Waals surface area contributed by atoms with Crippen LogP contribution in [0, 0.1) is 6.92 Å². The lowest BCUT2D eigenvalue weighted by molar-refractivity contribution is -0.132. The second-order valence-electron chi connectivity index (χ2n) is 6.63. The van der Waals surface area contributed by atoms with Gasteiger partial charge in [0.1, 0.15) is 5.69 Å². The fraction of sp³-hybridized carbons (Fsp3) is 0.200. The molecule has 6 nitrogen and oxygen atoms in total. The first-order valence-electron chi connectivity index (χ1n) is 8.86. The molecule has 1 amide bonds. The smallest absolute Gasteiger partial charge is 0.350 e. The quantitative estimate of drug-likeness (QED) is 0.564. The Bertz CT molecular complexity index is 1220. The molecule has 0 spiro atoms. The maximum Gasteiger partial charge on any atom is 0.390 e. The molecule has 0 saturated carbocycles. The summed E-state index contributed by atoms with van der Waals surface area (Å²) in [6, 6.07) is 7.70. The molecule has 148 valence electrons. The SMILES string of the molecule is Cc1ccnc2ccc(-c3cncc4nc(C(=O)NCCC(F)(F)F)cn34)cc12. The second-order valence-corrected chi connectivity index (χ2v) is 6.63. The van der Waals surface area contributed by atoms with Gasteiger partial charge in [0.25, 0.3) is 5.91 Å². The van der Waals surface area contributed by atoms with E-state index < -0.39 is 25.0 Å². The number of fused-ring (bicyclic) bond motifs is 2. The van der Waals surface area contributed by atoms with Crippen molar-refractivity contribution in [1.82, 2.24) is 24.7 Å². The molecule has 0 unspecified atom stereocenters. The Balaban J connectivity index is 1.68. The summed E-state index contributed by atoms with van der Waals surface area (Å²) in [6.45, 7) is 1.49. The molecule has 4 rings (SSSR count). The Morgan fingerprint density at radius 1 is 1.21 bits per heavy atom. The highest BCUT2D eigenvalue weighted by Gasteiger charge is 2.26. The van der Waals surface area contributed by atoms with Crippen molar-refractivity contribution in [3.05, 3.63) is 60.3 Å². The molecule has 1 N–H and O–H groups in total. The van der Waals surface area contributed by atoms with E-state index in [1.54, 1.807) is 16.8 Å². The number of amides is 1. The number of pyridine rings is 1. The summed E-state index contributed by atoms with van der Waals surface area (Å²) in [5.74, 6) is -0.664. The highest BCUT2D eigenvalue weighted by molar-refractivity contribution is 5.93. The van der Waals surface area contributed by atoms with Crippen LogP contribution in [-0.2, 0) is 0 Å². The highest BCUT2D eigenvalue weighted by atomic mass is 19.4. The van der Waals surface area contributed by atoms with Gasteiger partial charge in [-0.05, 0) is 30.7 Å². The van der Waals surface area contributed by atoms with Gasteiger partial charge in [0.15, 0.2) is 5.65 Å². The lowest BCUT2D eigenvalue weighted by Crippen LogP contribution is -2.28. The van der Waals surface area contributed by atoms with E-state index in [0.717, 1.165) is 22.0 Å². The average molecular weight is 399 g/mol. The molecule has 0 aliphatic carbocycles. The summed E-state index contributed by atoms with van der Waals surface area (Å²) in [4.78, 5) is 24.9. The number of hydrogen-bond acceptors (Lipinski definition) is 4. The van der Waals surface area contributed by atoms with E-state index >= 15 is 0 Å². The number of halogens is 3. The number of imidazole rings is 1. The molecular formula is C20H16F3N5O. The number of aromatic nitrogens is 4. The van der Waals surface area contributed by atoms with Crippen molar-refractivity contribution in [2.75, 3.05) is 6.54 Å². The van der Waals surface area contributed by atoms with Gasteiger partial charge in [0.2, 0.25) is 0 Å². The number of benzene rings is 1. The fourth-order valence-electron chi connectivity index (χ4n) is 3.09. The van der Waals surface area contributed by atoms with E-state index in [2.05, 4.69) is 20.3 Å². The van der Waals surface area contributed by atoms with Crippen molar-refractivity contribution < 1.29 is 18.0 Å². The van der Waals surface area contributed by atoms with Crippen LogP contribution in [0.3, 0.4) is 0 Å². The Kier molecular flexibility index (Phi) is 4.65. The minimum absolute atomic E-state index is 0.0278. The second kappa shape index (κ2) is 7.16. The molecule has 3 heterocycles. The molecular weight excluding hydrogens is 383 g/mol. The van der Waals surface area contributed by atoms with E-state index in [1.807, 2.05) is 31.2 Å². The topological polar surface area (TPSA) is 72.2 Å². The van der Waals surface area contributed by atoms with Gasteiger partial charge in [-0.2, -0.15) is 13.2 Å². The zero-order valence-corrected chi connectivity index (χ0v) is 15.4. The third kappa shape index (κ3) is 3.89. The van der Waals surface area contributed by atoms with Gasteiger partial charge in [-0.15, -0.1) is 0 Å². The van der Waals surface area contributed by atoms with Gasteiger partial charge in [0, 0.05) is 29.9 Å². The number of alkyl halides is 3. The van der Waals surface area contributed by atoms with Crippen LogP contribution in [0.1, 0.15) is 22.5 Å². The van der Waals surface area contributed by atoms with E-state index in [0.29, 0.717) is 11.3 Å². The van der Waals surface area contributed by atoms with Crippen LogP contribution >= 0.6 is 0 Å². The van der Waals surface area contributed by atoms with Crippen molar-refractivity contribution in [2.45, 2.75) is 19.5 Å². The van der Waals surface area contributed by atoms with Crippen molar-refractivity contribution >= 4 is 22.5 Å². The molecule has 0 fully saturated rings. The van der Waals surface area contributed by atoms with Crippen LogP contribution in [0.25, 0.3) is 27.8 Å². The maximum atomic E-state index is 12.3. The molecule has 0 atom stereocenters. The number of hydrogen-bond donors (Lipinski definition) is 1. The largest absolute Gasteiger partial charge is 0.390 e. The lowest BCUT2D eigenvalue weighted by Gasteiger charge is -2.07. The highest BCUT2D eigenvalue weighted by Crippen LogP contribution is 2.26. The average Bonchev–Trinajstić information content (AvgIpc) is 3.11. The van der Waals surface area contributed by atoms with Crippen LogP contribution in [0.15, 0.2) is 49.1 Å². The van der Waals surface area contributed by atoms with Crippen LogP contribution in [0.5, 0.6) is 0 Å². The normalized spacial score (nSPS) is 11.9. The number of carbonyl (C=O) groups excluding carboxylic acids is 1. The molecule has 9 heteroatoms. The third-order valence-electron chi connectivity index (χ3n) is 4.56. The van der Waals surface area contributed by atoms with Crippen LogP contribution < -0.4 is 5.32 Å². The van der Waals surface area contributed by atoms with Crippen LogP contribution in [0.4, 0.5) is 13.2 Å². The van der Waals surface area contributed by atoms with E-state index in [-0.39, 0.29) is 5.69 Å². The first kappa shape index (κ1) is 18.9. The predicted molar refractivity (Wildman–Crippen MR) is 101 cm³/mol. The Hall–Kier alpha value is -3.49. The van der Waals surface area contributed by atoms with E-state index in [9.17, 15) is 18.0 Å². The molecule has 0 aliphatic heterocycles. The first-order valence-corrected chi connectivity index (χ1v) is 8.86. The van der Waals surface area contributed by atoms with Crippen molar-refractivity contribution in [3.63, 3.8) is 0 Å². The molecule has 3 aromatic heterocycles. The van der Waals surface area contributed by atoms with Crippen LogP contribution in [0.2, 0.25) is 0 Å². The lowest BCUT2D eigenvalue weighted by atomic mass is 10.1. The van der Waals surface area contributed by atoms with Gasteiger partial charge in [-0.3, -0.25) is 19.2 Å². The molecule has 29 heavy (non-hydrogen) atoms. The fourth-order valence-corrected chi connectivity index (χ4v) is 3.09. The monoisotopic (exact) mass is 399 g/mol. The zero-order chi connectivity index (χ0) is 20.6. The molecule has 0 aliphatic rings. The van der Waals surface area contributed by atoms with Crippen LogP contribution in [-0.4, -0.2) is 38.0 Å². The van der Waals surface area contributed by atoms with E-state index in [1.165, 1.54) is 12.4 Å². The van der Waals surface area contributed by atoms with Gasteiger partial charge in [-0.1, -0.05) is 6.07 Å². The summed E-state index contributed by atoms with van der Waals surface area (Å²) in [7, 11) is 0. The van der Waals surface area contributed by atoms with Gasteiger partial charge < -0.3 is 5.32 Å². The summed E-state index contributed by atoms with van der Waals surface area (Å²) in [5, 5.41) is 3.24. The number of aryl methyl sites for hydroxylation is 1. The third-order valence-corrected chi connectivity index (χ3v) is 4.56. The molecule has 0 saturated heterocycles. The molecule has 0 radical (unpaired) electrons. The zero-order valence-electron chi connectivity index (χ0n) is 15.4. The van der Waals surface area contributed by atoms with Crippen molar-refractivity contribution in [3.8, 4) is 11.3 Å². The summed E-state index contributed by atoms with van der Waals surface area (Å²) in [6.07, 6.45) is 0.960. The molecule has 0 bridgehead atoms. The number of nitrogens with zero attached hydrogens (tertiary/aromatic N) is 4. The predicted octanol–water partition coefficient (Wildman–Crippen LogP) is 3.94. The van der Waals surface area contributed by atoms with Gasteiger partial charge >= 0.3 is 6.18 Å². The minimum Gasteiger partial charge on any atom is -0.350 e. The summed E-state index contributed by atoms with van der Waals surface area (Å²) in [5.41, 5.74) is 3.95. The molecule has 4 aromatic rings.